The van der Waals surface area contributed by atoms with Gasteiger partial charge in [-0.15, -0.1) is 0 Å². The molecule has 0 bridgehead atoms. The van der Waals surface area contributed by atoms with Gasteiger partial charge < -0.3 is 14.8 Å². The number of ketones is 1. The van der Waals surface area contributed by atoms with Gasteiger partial charge in [-0.1, -0.05) is 41.9 Å². The summed E-state index contributed by atoms with van der Waals surface area (Å²) in [6, 6.07) is 14.4. The second kappa shape index (κ2) is 8.67. The summed E-state index contributed by atoms with van der Waals surface area (Å²) in [6.07, 6.45) is -0.102. The molecule has 2 aromatic rings. The maximum atomic E-state index is 12.7. The Hall–Kier alpha value is -1.88. The molecular formula is C18H20ClNO3. The first kappa shape index (κ1) is 17.5. The van der Waals surface area contributed by atoms with Crippen molar-refractivity contribution in [2.75, 3.05) is 32.7 Å². The quantitative estimate of drug-likeness (QED) is 0.749. The number of hydrogen-bond donors (Lipinski definition) is 1. The molecule has 0 aliphatic carbocycles. The standard InChI is InChI=1S/C18H20ClNO3/c1-22-12-15(23-2)11-20-17-9-8-14(19)10-16(17)18(21)13-6-4-3-5-7-13/h3-10,15,20H,11-12H2,1-2H3. The Morgan fingerprint density at radius 1 is 1.17 bits per heavy atom. The third kappa shape index (κ3) is 4.79. The van der Waals surface area contributed by atoms with Gasteiger partial charge in [0.25, 0.3) is 0 Å². The molecule has 0 saturated carbocycles. The fourth-order valence-electron chi connectivity index (χ4n) is 2.22. The van der Waals surface area contributed by atoms with Crippen molar-refractivity contribution in [1.29, 1.82) is 0 Å². The van der Waals surface area contributed by atoms with Gasteiger partial charge in [-0.3, -0.25) is 4.79 Å². The number of rotatable bonds is 8. The molecule has 0 aromatic heterocycles. The molecule has 0 radical (unpaired) electrons. The van der Waals surface area contributed by atoms with E-state index in [0.29, 0.717) is 29.3 Å². The second-order valence-electron chi connectivity index (χ2n) is 5.08. The van der Waals surface area contributed by atoms with Crippen LogP contribution in [0.25, 0.3) is 0 Å². The van der Waals surface area contributed by atoms with Crippen LogP contribution in [-0.2, 0) is 9.47 Å². The van der Waals surface area contributed by atoms with Crippen LogP contribution in [0.2, 0.25) is 5.02 Å². The lowest BCUT2D eigenvalue weighted by Crippen LogP contribution is -2.27. The number of methoxy groups -OCH3 is 2. The topological polar surface area (TPSA) is 47.6 Å². The van der Waals surface area contributed by atoms with E-state index in [1.54, 1.807) is 44.6 Å². The molecule has 0 saturated heterocycles. The summed E-state index contributed by atoms with van der Waals surface area (Å²) < 4.78 is 10.4. The normalized spacial score (nSPS) is 12.0. The first-order valence-corrected chi connectivity index (χ1v) is 7.68. The highest BCUT2D eigenvalue weighted by molar-refractivity contribution is 6.31. The van der Waals surface area contributed by atoms with Gasteiger partial charge in [-0.25, -0.2) is 0 Å². The highest BCUT2D eigenvalue weighted by atomic mass is 35.5. The van der Waals surface area contributed by atoms with Gasteiger partial charge >= 0.3 is 0 Å². The smallest absolute Gasteiger partial charge is 0.195 e. The lowest BCUT2D eigenvalue weighted by molar-refractivity contribution is 0.0365. The largest absolute Gasteiger partial charge is 0.382 e. The first-order chi connectivity index (χ1) is 11.2. The van der Waals surface area contributed by atoms with Crippen LogP contribution in [0.4, 0.5) is 5.69 Å². The van der Waals surface area contributed by atoms with Gasteiger partial charge in [0.05, 0.1) is 12.7 Å². The van der Waals surface area contributed by atoms with Gasteiger partial charge in [0, 0.05) is 42.6 Å². The van der Waals surface area contributed by atoms with Gasteiger partial charge in [0.15, 0.2) is 5.78 Å². The van der Waals surface area contributed by atoms with Crippen molar-refractivity contribution in [1.82, 2.24) is 0 Å². The van der Waals surface area contributed by atoms with E-state index >= 15 is 0 Å². The van der Waals surface area contributed by atoms with Crippen LogP contribution in [-0.4, -0.2) is 39.3 Å². The van der Waals surface area contributed by atoms with Crippen LogP contribution >= 0.6 is 11.6 Å². The molecule has 0 aliphatic rings. The Morgan fingerprint density at radius 3 is 2.57 bits per heavy atom. The molecule has 5 heteroatoms. The van der Waals surface area contributed by atoms with E-state index in [-0.39, 0.29) is 11.9 Å². The molecule has 0 amide bonds. The van der Waals surface area contributed by atoms with Gasteiger partial charge in [-0.05, 0) is 18.2 Å². The lowest BCUT2D eigenvalue weighted by atomic mass is 10.0. The van der Waals surface area contributed by atoms with Crippen molar-refractivity contribution in [2.45, 2.75) is 6.10 Å². The van der Waals surface area contributed by atoms with Crippen molar-refractivity contribution >= 4 is 23.1 Å². The SMILES string of the molecule is COCC(CNc1ccc(Cl)cc1C(=O)c1ccccc1)OC. The van der Waals surface area contributed by atoms with E-state index in [1.807, 2.05) is 18.2 Å². The summed E-state index contributed by atoms with van der Waals surface area (Å²) >= 11 is 6.06. The van der Waals surface area contributed by atoms with Gasteiger partial charge in [0.1, 0.15) is 0 Å². The summed E-state index contributed by atoms with van der Waals surface area (Å²) in [6.45, 7) is 1.00. The summed E-state index contributed by atoms with van der Waals surface area (Å²) in [4.78, 5) is 12.7. The maximum absolute atomic E-state index is 12.7. The number of ether oxygens (including phenoxy) is 2. The molecule has 1 unspecified atom stereocenters. The van der Waals surface area contributed by atoms with E-state index in [9.17, 15) is 4.79 Å². The molecule has 122 valence electrons. The zero-order chi connectivity index (χ0) is 16.7. The van der Waals surface area contributed by atoms with Crippen LogP contribution in [0, 0.1) is 0 Å². The van der Waals surface area contributed by atoms with Crippen LogP contribution in [0.15, 0.2) is 48.5 Å². The fourth-order valence-corrected chi connectivity index (χ4v) is 2.40. The van der Waals surface area contributed by atoms with Crippen molar-refractivity contribution in [3.63, 3.8) is 0 Å². The first-order valence-electron chi connectivity index (χ1n) is 7.30. The number of nitrogens with one attached hydrogen (secondary N) is 1. The van der Waals surface area contributed by atoms with E-state index in [1.165, 1.54) is 0 Å². The molecule has 1 atom stereocenters. The number of hydrogen-bond acceptors (Lipinski definition) is 4. The molecule has 0 spiro atoms. The predicted octanol–water partition coefficient (Wildman–Crippen LogP) is 3.64. The minimum atomic E-state index is -0.102. The minimum absolute atomic E-state index is 0.0729. The summed E-state index contributed by atoms with van der Waals surface area (Å²) in [5.74, 6) is -0.0729. The average Bonchev–Trinajstić information content (AvgIpc) is 2.59. The molecule has 2 aromatic carbocycles. The monoisotopic (exact) mass is 333 g/mol. The van der Waals surface area contributed by atoms with E-state index in [2.05, 4.69) is 5.32 Å². The predicted molar refractivity (Wildman–Crippen MR) is 92.5 cm³/mol. The molecule has 0 fully saturated rings. The Labute approximate surface area is 141 Å². The third-order valence-electron chi connectivity index (χ3n) is 3.47. The summed E-state index contributed by atoms with van der Waals surface area (Å²) in [5.41, 5.74) is 1.88. The van der Waals surface area contributed by atoms with Crippen molar-refractivity contribution in [2.24, 2.45) is 0 Å². The Morgan fingerprint density at radius 2 is 1.91 bits per heavy atom. The molecule has 0 heterocycles. The number of halogens is 1. The molecule has 1 N–H and O–H groups in total. The number of carbonyl (C=O) groups excluding carboxylic acids is 1. The minimum Gasteiger partial charge on any atom is -0.382 e. The Balaban J connectivity index is 2.22. The Bertz CT molecular complexity index is 646. The van der Waals surface area contributed by atoms with Crippen molar-refractivity contribution in [3.05, 3.63) is 64.7 Å². The lowest BCUT2D eigenvalue weighted by Gasteiger charge is -2.17. The van der Waals surface area contributed by atoms with E-state index in [0.717, 1.165) is 5.69 Å². The van der Waals surface area contributed by atoms with Crippen molar-refractivity contribution < 1.29 is 14.3 Å². The molecular weight excluding hydrogens is 314 g/mol. The molecule has 4 nitrogen and oxygen atoms in total. The Kier molecular flexibility index (Phi) is 6.59. The molecule has 23 heavy (non-hydrogen) atoms. The summed E-state index contributed by atoms with van der Waals surface area (Å²) in [5, 5.41) is 3.77. The third-order valence-corrected chi connectivity index (χ3v) is 3.70. The number of carbonyl (C=O) groups is 1. The van der Waals surface area contributed by atoms with Crippen LogP contribution < -0.4 is 5.32 Å². The maximum Gasteiger partial charge on any atom is 0.195 e. The van der Waals surface area contributed by atoms with E-state index < -0.39 is 0 Å². The number of anilines is 1. The van der Waals surface area contributed by atoms with Crippen LogP contribution in [0.3, 0.4) is 0 Å². The molecule has 2 rings (SSSR count). The second-order valence-corrected chi connectivity index (χ2v) is 5.52. The zero-order valence-corrected chi connectivity index (χ0v) is 14.0. The number of benzene rings is 2. The molecule has 0 aliphatic heterocycles. The van der Waals surface area contributed by atoms with E-state index in [4.69, 9.17) is 21.1 Å². The highest BCUT2D eigenvalue weighted by Gasteiger charge is 2.15. The van der Waals surface area contributed by atoms with Crippen LogP contribution in [0.5, 0.6) is 0 Å². The van der Waals surface area contributed by atoms with Crippen LogP contribution in [0.1, 0.15) is 15.9 Å². The van der Waals surface area contributed by atoms with Gasteiger partial charge in [0.2, 0.25) is 0 Å². The van der Waals surface area contributed by atoms with Gasteiger partial charge in [-0.2, -0.15) is 0 Å². The van der Waals surface area contributed by atoms with Crippen molar-refractivity contribution in [3.8, 4) is 0 Å². The average molecular weight is 334 g/mol. The summed E-state index contributed by atoms with van der Waals surface area (Å²) in [7, 11) is 3.25. The highest BCUT2D eigenvalue weighted by Crippen LogP contribution is 2.23. The fraction of sp³-hybridized carbons (Fsp3) is 0.278. The zero-order valence-electron chi connectivity index (χ0n) is 13.2.